The highest BCUT2D eigenvalue weighted by Crippen LogP contribution is 2.54. The van der Waals surface area contributed by atoms with Gasteiger partial charge in [0, 0.05) is 22.4 Å². The molecule has 9 rings (SSSR count). The fraction of sp³-hybridized carbons (Fsp3) is 0.224. The van der Waals surface area contributed by atoms with Gasteiger partial charge >= 0.3 is 0 Å². The van der Waals surface area contributed by atoms with Gasteiger partial charge in [0.15, 0.2) is 0 Å². The summed E-state index contributed by atoms with van der Waals surface area (Å²) in [7, 11) is 0. The standard InChI is InChI=1S/C49H45N/c1-47(2)26-27-48(3,4)45-29-34(22-25-43(45)47)40-30-41-39-18-12-13-19-42(39)49(5,6)44(41)31-46(40)50(35-15-8-7-9-16-35)36-23-24-38-33(28-36)21-20-32-14-10-11-17-37(32)38/h7-25,28-31H,26-27H2,1-6H3. The van der Waals surface area contributed by atoms with Gasteiger partial charge in [-0.2, -0.15) is 0 Å². The summed E-state index contributed by atoms with van der Waals surface area (Å²) in [5, 5.41) is 5.09. The van der Waals surface area contributed by atoms with Crippen LogP contribution >= 0.6 is 0 Å². The van der Waals surface area contributed by atoms with Gasteiger partial charge in [-0.3, -0.25) is 0 Å². The highest BCUT2D eigenvalue weighted by molar-refractivity contribution is 6.09. The van der Waals surface area contributed by atoms with Crippen molar-refractivity contribution in [1.82, 2.24) is 0 Å². The van der Waals surface area contributed by atoms with E-state index in [1.54, 1.807) is 0 Å². The molecule has 0 N–H and O–H groups in total. The van der Waals surface area contributed by atoms with Crippen molar-refractivity contribution in [3.63, 3.8) is 0 Å². The van der Waals surface area contributed by atoms with Crippen molar-refractivity contribution in [2.75, 3.05) is 4.90 Å². The molecule has 2 aliphatic carbocycles. The van der Waals surface area contributed by atoms with E-state index in [9.17, 15) is 0 Å². The molecule has 0 saturated carbocycles. The number of para-hydroxylation sites is 1. The van der Waals surface area contributed by atoms with Crippen molar-refractivity contribution in [2.45, 2.75) is 70.6 Å². The number of anilines is 3. The molecule has 0 fully saturated rings. The third-order valence-electron chi connectivity index (χ3n) is 12.1. The Morgan fingerprint density at radius 1 is 0.420 bits per heavy atom. The molecule has 2 aliphatic rings. The molecule has 7 aromatic carbocycles. The van der Waals surface area contributed by atoms with Crippen molar-refractivity contribution < 1.29 is 0 Å². The van der Waals surface area contributed by atoms with Crippen molar-refractivity contribution in [2.24, 2.45) is 0 Å². The Morgan fingerprint density at radius 2 is 1.10 bits per heavy atom. The Balaban J connectivity index is 1.34. The number of hydrogen-bond acceptors (Lipinski definition) is 1. The number of hydrogen-bond donors (Lipinski definition) is 0. The zero-order valence-corrected chi connectivity index (χ0v) is 30.1. The van der Waals surface area contributed by atoms with Crippen molar-refractivity contribution in [3.8, 4) is 22.3 Å². The van der Waals surface area contributed by atoms with Crippen LogP contribution in [0.5, 0.6) is 0 Å². The van der Waals surface area contributed by atoms with Gasteiger partial charge < -0.3 is 4.90 Å². The van der Waals surface area contributed by atoms with Gasteiger partial charge in [0.2, 0.25) is 0 Å². The second-order valence-corrected chi connectivity index (χ2v) is 16.5. The molecular weight excluding hydrogens is 603 g/mol. The second kappa shape index (κ2) is 10.9. The molecule has 1 nitrogen and oxygen atoms in total. The predicted molar refractivity (Wildman–Crippen MR) is 214 cm³/mol. The minimum absolute atomic E-state index is 0.118. The molecule has 246 valence electrons. The van der Waals surface area contributed by atoms with E-state index in [4.69, 9.17) is 0 Å². The second-order valence-electron chi connectivity index (χ2n) is 16.5. The quantitative estimate of drug-likeness (QED) is 0.172. The molecule has 0 radical (unpaired) electrons. The summed E-state index contributed by atoms with van der Waals surface area (Å²) in [5.74, 6) is 0. The summed E-state index contributed by atoms with van der Waals surface area (Å²) < 4.78 is 0. The van der Waals surface area contributed by atoms with E-state index in [2.05, 4.69) is 186 Å². The Kier molecular flexibility index (Phi) is 6.75. The van der Waals surface area contributed by atoms with Crippen LogP contribution in [0, 0.1) is 0 Å². The molecule has 50 heavy (non-hydrogen) atoms. The van der Waals surface area contributed by atoms with Gasteiger partial charge in [-0.15, -0.1) is 0 Å². The first-order valence-electron chi connectivity index (χ1n) is 18.2. The molecule has 0 unspecified atom stereocenters. The third-order valence-corrected chi connectivity index (χ3v) is 12.1. The highest BCUT2D eigenvalue weighted by atomic mass is 15.1. The number of rotatable bonds is 4. The number of benzene rings is 7. The lowest BCUT2D eigenvalue weighted by atomic mass is 9.63. The molecule has 7 aromatic rings. The molecule has 0 saturated heterocycles. The minimum Gasteiger partial charge on any atom is -0.310 e. The predicted octanol–water partition coefficient (Wildman–Crippen LogP) is 13.8. The lowest BCUT2D eigenvalue weighted by molar-refractivity contribution is 0.332. The van der Waals surface area contributed by atoms with Gasteiger partial charge in [0.05, 0.1) is 5.69 Å². The average molecular weight is 648 g/mol. The Hall–Kier alpha value is -5.14. The minimum atomic E-state index is -0.119. The van der Waals surface area contributed by atoms with Crippen LogP contribution in [-0.2, 0) is 16.2 Å². The topological polar surface area (TPSA) is 3.24 Å². The molecule has 0 aliphatic heterocycles. The maximum absolute atomic E-state index is 2.53. The Morgan fingerprint density at radius 3 is 1.92 bits per heavy atom. The molecule has 0 amide bonds. The van der Waals surface area contributed by atoms with E-state index >= 15 is 0 Å². The Labute approximate surface area is 297 Å². The van der Waals surface area contributed by atoms with Crippen LogP contribution in [-0.4, -0.2) is 0 Å². The lowest BCUT2D eigenvalue weighted by Gasteiger charge is -2.42. The van der Waals surface area contributed by atoms with Crippen LogP contribution in [0.2, 0.25) is 0 Å². The molecule has 0 aromatic heterocycles. The van der Waals surface area contributed by atoms with Gasteiger partial charge in [0.1, 0.15) is 0 Å². The molecule has 1 heteroatoms. The molecular formula is C49H45N. The molecule has 0 heterocycles. The number of fused-ring (bicyclic) bond motifs is 7. The normalized spacial score (nSPS) is 16.5. The summed E-state index contributed by atoms with van der Waals surface area (Å²) in [6, 6.07) is 52.6. The van der Waals surface area contributed by atoms with E-state index < -0.39 is 0 Å². The first-order valence-corrected chi connectivity index (χ1v) is 18.2. The average Bonchev–Trinajstić information content (AvgIpc) is 3.35. The van der Waals surface area contributed by atoms with Gasteiger partial charge in [0.25, 0.3) is 0 Å². The first-order chi connectivity index (χ1) is 24.0. The van der Waals surface area contributed by atoms with E-state index in [0.717, 1.165) is 11.4 Å². The van der Waals surface area contributed by atoms with Crippen LogP contribution < -0.4 is 4.90 Å². The van der Waals surface area contributed by atoms with Crippen LogP contribution in [0.4, 0.5) is 17.1 Å². The van der Waals surface area contributed by atoms with Crippen molar-refractivity contribution in [1.29, 1.82) is 0 Å². The number of nitrogens with zero attached hydrogens (tertiary/aromatic N) is 1. The first kappa shape index (κ1) is 30.9. The summed E-state index contributed by atoms with van der Waals surface area (Å²) >= 11 is 0. The largest absolute Gasteiger partial charge is 0.310 e. The van der Waals surface area contributed by atoms with Gasteiger partial charge in [-0.05, 0) is 121 Å². The van der Waals surface area contributed by atoms with Crippen LogP contribution in [0.3, 0.4) is 0 Å². The zero-order chi connectivity index (χ0) is 34.4. The fourth-order valence-corrected chi connectivity index (χ4v) is 9.05. The molecule has 0 atom stereocenters. The maximum Gasteiger partial charge on any atom is 0.0543 e. The summed E-state index contributed by atoms with van der Waals surface area (Å²) in [6.07, 6.45) is 2.40. The zero-order valence-electron chi connectivity index (χ0n) is 30.1. The summed E-state index contributed by atoms with van der Waals surface area (Å²) in [6.45, 7) is 14.5. The SMILES string of the molecule is CC1(C)CCC(C)(C)c2cc(-c3cc4c(cc3N(c3ccccc3)c3ccc5c(ccc6ccccc65)c3)C(C)(C)c3ccccc3-4)ccc21. The molecule has 0 spiro atoms. The highest BCUT2D eigenvalue weighted by Gasteiger charge is 2.39. The fourth-order valence-electron chi connectivity index (χ4n) is 9.05. The van der Waals surface area contributed by atoms with Crippen LogP contribution in [0.15, 0.2) is 140 Å². The molecule has 0 bridgehead atoms. The van der Waals surface area contributed by atoms with Gasteiger partial charge in [-0.1, -0.05) is 145 Å². The smallest absolute Gasteiger partial charge is 0.0543 e. The maximum atomic E-state index is 2.53. The van der Waals surface area contributed by atoms with Crippen molar-refractivity contribution >= 4 is 38.6 Å². The van der Waals surface area contributed by atoms with Crippen LogP contribution in [0.1, 0.15) is 76.6 Å². The Bertz CT molecular complexity index is 2460. The van der Waals surface area contributed by atoms with E-state index in [1.807, 2.05) is 0 Å². The van der Waals surface area contributed by atoms with E-state index in [-0.39, 0.29) is 16.2 Å². The van der Waals surface area contributed by atoms with Crippen LogP contribution in [0.25, 0.3) is 43.8 Å². The lowest BCUT2D eigenvalue weighted by Crippen LogP contribution is -2.33. The third kappa shape index (κ3) is 4.67. The summed E-state index contributed by atoms with van der Waals surface area (Å²) in [4.78, 5) is 2.50. The summed E-state index contributed by atoms with van der Waals surface area (Å²) in [5.41, 5.74) is 14.7. The van der Waals surface area contributed by atoms with Crippen molar-refractivity contribution in [3.05, 3.63) is 162 Å². The van der Waals surface area contributed by atoms with E-state index in [0.29, 0.717) is 0 Å². The monoisotopic (exact) mass is 647 g/mol. The van der Waals surface area contributed by atoms with E-state index in [1.165, 1.54) is 84.6 Å². The van der Waals surface area contributed by atoms with Gasteiger partial charge in [-0.25, -0.2) is 0 Å².